The molecule has 1 atom stereocenters. The van der Waals surface area contributed by atoms with Crippen LogP contribution in [0.25, 0.3) is 89.5 Å². The van der Waals surface area contributed by atoms with Gasteiger partial charge < -0.3 is 4.42 Å². The molecule has 0 bridgehead atoms. The minimum absolute atomic E-state index is 0.233. The van der Waals surface area contributed by atoms with E-state index in [1.165, 1.54) is 38.9 Å². The van der Waals surface area contributed by atoms with Crippen LogP contribution < -0.4 is 0 Å². The van der Waals surface area contributed by atoms with Gasteiger partial charge in [0.2, 0.25) is 0 Å². The fourth-order valence-corrected chi connectivity index (χ4v) is 8.39. The van der Waals surface area contributed by atoms with Crippen molar-refractivity contribution in [2.24, 2.45) is 0 Å². The lowest BCUT2D eigenvalue weighted by Gasteiger charge is -2.14. The summed E-state index contributed by atoms with van der Waals surface area (Å²) in [5.41, 5.74) is 15.7. The second-order valence-corrected chi connectivity index (χ2v) is 14.3. The molecule has 2 heterocycles. The number of aromatic nitrogens is 3. The van der Waals surface area contributed by atoms with Gasteiger partial charge >= 0.3 is 0 Å². The van der Waals surface area contributed by atoms with Gasteiger partial charge in [0.05, 0.1) is 0 Å². The smallest absolute Gasteiger partial charge is 0.164 e. The van der Waals surface area contributed by atoms with Crippen LogP contribution in [0.1, 0.15) is 22.6 Å². The lowest BCUT2D eigenvalue weighted by atomic mass is 9.89. The molecule has 2 aromatic heterocycles. The molecule has 262 valence electrons. The molecule has 0 saturated carbocycles. The predicted molar refractivity (Wildman–Crippen MR) is 227 cm³/mol. The molecule has 8 aromatic carbocycles. The van der Waals surface area contributed by atoms with E-state index in [1.807, 2.05) is 72.8 Å². The molecule has 0 fully saturated rings. The highest BCUT2D eigenvalue weighted by Crippen LogP contribution is 2.49. The largest absolute Gasteiger partial charge is 0.456 e. The molecule has 0 saturated heterocycles. The monoisotopic (exact) mass is 715 g/mol. The Morgan fingerprint density at radius 1 is 0.339 bits per heavy atom. The molecule has 56 heavy (non-hydrogen) atoms. The number of hydrogen-bond acceptors (Lipinski definition) is 4. The molecular formula is C52H33N3O. The summed E-state index contributed by atoms with van der Waals surface area (Å²) in [7, 11) is 0. The predicted octanol–water partition coefficient (Wildman–Crippen LogP) is 13.3. The number of rotatable bonds is 6. The van der Waals surface area contributed by atoms with Crippen LogP contribution in [0.15, 0.2) is 199 Å². The zero-order valence-corrected chi connectivity index (χ0v) is 30.3. The molecule has 1 aliphatic rings. The Morgan fingerprint density at radius 3 is 1.61 bits per heavy atom. The maximum atomic E-state index is 6.47. The van der Waals surface area contributed by atoms with Crippen molar-refractivity contribution < 1.29 is 4.42 Å². The molecule has 1 aliphatic carbocycles. The van der Waals surface area contributed by atoms with Gasteiger partial charge in [-0.25, -0.2) is 15.0 Å². The van der Waals surface area contributed by atoms with E-state index in [4.69, 9.17) is 19.4 Å². The Kier molecular flexibility index (Phi) is 7.52. The van der Waals surface area contributed by atoms with E-state index in [1.54, 1.807) is 0 Å². The summed E-state index contributed by atoms with van der Waals surface area (Å²) in [6, 6.07) is 68.3. The van der Waals surface area contributed by atoms with E-state index in [2.05, 4.69) is 121 Å². The number of hydrogen-bond donors (Lipinski definition) is 0. The SMILES string of the molecule is c1ccc(-c2nc(-c3ccccc3)nc(-c3cccc4oc5ccc(-c6cccc(-c7ccc8c(c7)-c7ccccc7C8c7ccccc7)c6)cc5c34)n2)cc1. The first kappa shape index (κ1) is 32.0. The van der Waals surface area contributed by atoms with E-state index in [0.717, 1.165) is 49.8 Å². The molecule has 4 nitrogen and oxygen atoms in total. The molecule has 11 rings (SSSR count). The van der Waals surface area contributed by atoms with E-state index < -0.39 is 0 Å². The summed E-state index contributed by atoms with van der Waals surface area (Å²) in [4.78, 5) is 15.0. The average molecular weight is 716 g/mol. The lowest BCUT2D eigenvalue weighted by Crippen LogP contribution is -2.00. The van der Waals surface area contributed by atoms with Gasteiger partial charge in [-0.3, -0.25) is 0 Å². The van der Waals surface area contributed by atoms with Gasteiger partial charge in [-0.1, -0.05) is 164 Å². The molecule has 10 aromatic rings. The van der Waals surface area contributed by atoms with Gasteiger partial charge in [0.1, 0.15) is 11.2 Å². The van der Waals surface area contributed by atoms with E-state index in [-0.39, 0.29) is 5.92 Å². The van der Waals surface area contributed by atoms with E-state index in [9.17, 15) is 0 Å². The first-order valence-corrected chi connectivity index (χ1v) is 19.0. The second kappa shape index (κ2) is 13.2. The van der Waals surface area contributed by atoms with Gasteiger partial charge in [-0.15, -0.1) is 0 Å². The van der Waals surface area contributed by atoms with Gasteiger partial charge in [-0.05, 0) is 80.4 Å². The van der Waals surface area contributed by atoms with E-state index >= 15 is 0 Å². The molecule has 4 heteroatoms. The van der Waals surface area contributed by atoms with Crippen LogP contribution in [0.4, 0.5) is 0 Å². The molecule has 0 N–H and O–H groups in total. The third-order valence-corrected chi connectivity index (χ3v) is 11.0. The fraction of sp³-hybridized carbons (Fsp3) is 0.0192. The summed E-state index contributed by atoms with van der Waals surface area (Å²) in [6.07, 6.45) is 0. The quantitative estimate of drug-likeness (QED) is 0.172. The summed E-state index contributed by atoms with van der Waals surface area (Å²) < 4.78 is 6.47. The van der Waals surface area contributed by atoms with Gasteiger partial charge in [-0.2, -0.15) is 0 Å². The summed E-state index contributed by atoms with van der Waals surface area (Å²) in [5.74, 6) is 2.09. The number of furan rings is 1. The number of fused-ring (bicyclic) bond motifs is 6. The van der Waals surface area contributed by atoms with Crippen molar-refractivity contribution in [3.05, 3.63) is 211 Å². The third kappa shape index (κ3) is 5.42. The average Bonchev–Trinajstić information content (AvgIpc) is 3.82. The standard InChI is InChI=1S/C52H33N3O/c1-4-14-33(15-5-1)48-41-23-11-10-22-40(41)44-31-38(26-28-42(44)48)36-20-12-21-37(30-36)39-27-29-46-45(32-39)49-43(24-13-25-47(49)56-46)52-54-50(34-16-6-2-7-17-34)53-51(55-52)35-18-8-3-9-19-35/h1-32,48H. The Morgan fingerprint density at radius 2 is 0.875 bits per heavy atom. The maximum absolute atomic E-state index is 6.47. The summed E-state index contributed by atoms with van der Waals surface area (Å²) in [5, 5.41) is 2.00. The van der Waals surface area contributed by atoms with E-state index in [0.29, 0.717) is 17.5 Å². The molecule has 0 spiro atoms. The topological polar surface area (TPSA) is 51.8 Å². The van der Waals surface area contributed by atoms with Crippen molar-refractivity contribution in [3.8, 4) is 67.5 Å². The van der Waals surface area contributed by atoms with Crippen LogP contribution in [-0.2, 0) is 0 Å². The van der Waals surface area contributed by atoms with Crippen LogP contribution in [0.3, 0.4) is 0 Å². The van der Waals surface area contributed by atoms with Gasteiger partial charge in [0, 0.05) is 33.4 Å². The molecule has 0 radical (unpaired) electrons. The highest BCUT2D eigenvalue weighted by atomic mass is 16.3. The summed E-state index contributed by atoms with van der Waals surface area (Å²) >= 11 is 0. The Balaban J connectivity index is 1.02. The van der Waals surface area contributed by atoms with Crippen LogP contribution in [0, 0.1) is 0 Å². The maximum Gasteiger partial charge on any atom is 0.164 e. The highest BCUT2D eigenvalue weighted by Gasteiger charge is 2.30. The van der Waals surface area contributed by atoms with Crippen molar-refractivity contribution in [1.82, 2.24) is 15.0 Å². The van der Waals surface area contributed by atoms with Crippen LogP contribution in [0.2, 0.25) is 0 Å². The minimum Gasteiger partial charge on any atom is -0.456 e. The minimum atomic E-state index is 0.233. The van der Waals surface area contributed by atoms with Crippen molar-refractivity contribution in [2.45, 2.75) is 5.92 Å². The van der Waals surface area contributed by atoms with Crippen molar-refractivity contribution >= 4 is 21.9 Å². The molecule has 0 amide bonds. The molecule has 0 aliphatic heterocycles. The zero-order valence-electron chi connectivity index (χ0n) is 30.3. The van der Waals surface area contributed by atoms with Crippen molar-refractivity contribution in [3.63, 3.8) is 0 Å². The highest BCUT2D eigenvalue weighted by molar-refractivity contribution is 6.12. The van der Waals surface area contributed by atoms with Crippen LogP contribution >= 0.6 is 0 Å². The van der Waals surface area contributed by atoms with Gasteiger partial charge in [0.25, 0.3) is 0 Å². The first-order valence-electron chi connectivity index (χ1n) is 19.0. The van der Waals surface area contributed by atoms with Crippen molar-refractivity contribution in [2.75, 3.05) is 0 Å². The Bertz CT molecular complexity index is 3020. The van der Waals surface area contributed by atoms with Gasteiger partial charge in [0.15, 0.2) is 17.5 Å². The fourth-order valence-electron chi connectivity index (χ4n) is 8.39. The Hall–Kier alpha value is -7.43. The Labute approximate surface area is 324 Å². The lowest BCUT2D eigenvalue weighted by molar-refractivity contribution is 0.669. The number of benzene rings is 8. The van der Waals surface area contributed by atoms with Crippen LogP contribution in [0.5, 0.6) is 0 Å². The van der Waals surface area contributed by atoms with Crippen molar-refractivity contribution in [1.29, 1.82) is 0 Å². The molecule has 1 unspecified atom stereocenters. The number of nitrogens with zero attached hydrogens (tertiary/aromatic N) is 3. The molecular weight excluding hydrogens is 683 g/mol. The van der Waals surface area contributed by atoms with Crippen LogP contribution in [-0.4, -0.2) is 15.0 Å². The summed E-state index contributed by atoms with van der Waals surface area (Å²) in [6.45, 7) is 0. The third-order valence-electron chi connectivity index (χ3n) is 11.0. The second-order valence-electron chi connectivity index (χ2n) is 14.3. The zero-order chi connectivity index (χ0) is 37.0. The first-order chi connectivity index (χ1) is 27.7. The normalized spacial score (nSPS) is 13.2.